The van der Waals surface area contributed by atoms with Gasteiger partial charge in [0.05, 0.1) is 11.0 Å². The Labute approximate surface area is 356 Å². The minimum absolute atomic E-state index is 1.19. The number of nitrogens with zero attached hydrogens (tertiary/aromatic N) is 4. The molecule has 0 saturated carbocycles. The summed E-state index contributed by atoms with van der Waals surface area (Å²) < 4.78 is 9.52. The zero-order chi connectivity index (χ0) is 41.1. The lowest BCUT2D eigenvalue weighted by molar-refractivity contribution is 1.01. The highest BCUT2D eigenvalue weighted by Gasteiger charge is 2.19. The van der Waals surface area contributed by atoms with E-state index in [1.165, 1.54) is 141 Å². The molecule has 292 valence electrons. The SMILES string of the molecule is Cn1c2cc3ccccc3cc2c2cc3c(cc21)c1cc2ccc(/C=C/c4ccc5c(ccc6c7cc8c(cc7n(C)c56)c5ccc6ccccc6c5n8C)c4)cc2cc1n3C. The van der Waals surface area contributed by atoms with Crippen molar-refractivity contribution in [3.63, 3.8) is 0 Å². The van der Waals surface area contributed by atoms with Gasteiger partial charge in [-0.05, 0) is 104 Å². The fraction of sp³-hybridized carbons (Fsp3) is 0.0690. The fourth-order valence-electron chi connectivity index (χ4n) is 11.3. The molecule has 0 radical (unpaired) electrons. The molecule has 0 spiro atoms. The summed E-state index contributed by atoms with van der Waals surface area (Å²) in [5.74, 6) is 0. The van der Waals surface area contributed by atoms with Crippen molar-refractivity contribution in [2.24, 2.45) is 28.2 Å². The summed E-state index contributed by atoms with van der Waals surface area (Å²) >= 11 is 0. The topological polar surface area (TPSA) is 19.7 Å². The number of hydrogen-bond acceptors (Lipinski definition) is 0. The third-order valence-electron chi connectivity index (χ3n) is 14.5. The van der Waals surface area contributed by atoms with E-state index in [1.807, 2.05) is 0 Å². The Bertz CT molecular complexity index is 4350. The van der Waals surface area contributed by atoms with Crippen LogP contribution in [0.2, 0.25) is 0 Å². The number of rotatable bonds is 2. The Morgan fingerprint density at radius 2 is 0.629 bits per heavy atom. The van der Waals surface area contributed by atoms with Crippen molar-refractivity contribution in [2.75, 3.05) is 0 Å². The monoisotopic (exact) mass is 792 g/mol. The fourth-order valence-corrected chi connectivity index (χ4v) is 11.3. The predicted octanol–water partition coefficient (Wildman–Crippen LogP) is 15.0. The summed E-state index contributed by atoms with van der Waals surface area (Å²) in [7, 11) is 8.85. The second kappa shape index (κ2) is 11.9. The molecular formula is C58H40N4. The quantitative estimate of drug-likeness (QED) is 0.155. The van der Waals surface area contributed by atoms with E-state index in [2.05, 4.69) is 216 Å². The summed E-state index contributed by atoms with van der Waals surface area (Å²) in [6.45, 7) is 0. The van der Waals surface area contributed by atoms with Crippen molar-refractivity contribution in [3.8, 4) is 0 Å². The smallest absolute Gasteiger partial charge is 0.0568 e. The summed E-state index contributed by atoms with van der Waals surface area (Å²) in [6.07, 6.45) is 4.50. The van der Waals surface area contributed by atoms with Crippen LogP contribution in [-0.2, 0) is 28.2 Å². The first kappa shape index (κ1) is 34.0. The molecule has 0 saturated heterocycles. The van der Waals surface area contributed by atoms with Crippen LogP contribution >= 0.6 is 0 Å². The van der Waals surface area contributed by atoms with Crippen LogP contribution < -0.4 is 0 Å². The van der Waals surface area contributed by atoms with Gasteiger partial charge in [0.15, 0.2) is 0 Å². The van der Waals surface area contributed by atoms with Gasteiger partial charge in [-0.2, -0.15) is 0 Å². The lowest BCUT2D eigenvalue weighted by atomic mass is 10.0. The van der Waals surface area contributed by atoms with Crippen LogP contribution in [0.5, 0.6) is 0 Å². The molecule has 0 atom stereocenters. The third kappa shape index (κ3) is 4.45. The molecule has 0 aliphatic carbocycles. The highest BCUT2D eigenvalue weighted by atomic mass is 15.0. The second-order valence-electron chi connectivity index (χ2n) is 17.7. The molecule has 0 fully saturated rings. The molecule has 0 aliphatic rings. The van der Waals surface area contributed by atoms with Gasteiger partial charge >= 0.3 is 0 Å². The van der Waals surface area contributed by atoms with Crippen molar-refractivity contribution >= 4 is 142 Å². The van der Waals surface area contributed by atoms with Gasteiger partial charge in [0.25, 0.3) is 0 Å². The maximum atomic E-state index is 2.41. The van der Waals surface area contributed by atoms with Crippen LogP contribution in [0.15, 0.2) is 158 Å². The highest BCUT2D eigenvalue weighted by molar-refractivity contribution is 6.25. The van der Waals surface area contributed by atoms with Crippen LogP contribution in [0, 0.1) is 0 Å². The summed E-state index contributed by atoms with van der Waals surface area (Å²) in [5.41, 5.74) is 12.5. The number of fused-ring (bicyclic) bond motifs is 18. The van der Waals surface area contributed by atoms with E-state index in [-0.39, 0.29) is 0 Å². The van der Waals surface area contributed by atoms with Gasteiger partial charge in [0.2, 0.25) is 0 Å². The standard InChI is InChI=1S/C58H40N4/c1-59-51-27-37-11-6-5-10-36(37)25-45(51)49-31-54-50(32-53(49)59)46-26-38-17-15-33(24-40(38)28-52(46)60(54)2)13-14-34-16-20-42-39(23-34)19-22-44-48-30-55-47(29-56(48)62(4)58(42)44)43-21-18-35-9-7-8-12-41(35)57(43)61(55)3/h5-32H,1-4H3/b14-13+. The maximum absolute atomic E-state index is 2.41. The lowest BCUT2D eigenvalue weighted by Gasteiger charge is -2.05. The Balaban J connectivity index is 0.834. The molecule has 0 unspecified atom stereocenters. The normalized spacial score (nSPS) is 12.8. The molecule has 4 heterocycles. The van der Waals surface area contributed by atoms with Gasteiger partial charge in [-0.3, -0.25) is 0 Å². The molecule has 62 heavy (non-hydrogen) atoms. The molecule has 10 aromatic carbocycles. The molecule has 0 amide bonds. The van der Waals surface area contributed by atoms with Crippen molar-refractivity contribution in [1.82, 2.24) is 18.3 Å². The Morgan fingerprint density at radius 1 is 0.258 bits per heavy atom. The van der Waals surface area contributed by atoms with E-state index in [9.17, 15) is 0 Å². The molecule has 4 nitrogen and oxygen atoms in total. The van der Waals surface area contributed by atoms with E-state index in [0.717, 1.165) is 0 Å². The zero-order valence-electron chi connectivity index (χ0n) is 35.0. The summed E-state index contributed by atoms with van der Waals surface area (Å²) in [6, 6.07) is 59.4. The largest absolute Gasteiger partial charge is 0.344 e. The maximum Gasteiger partial charge on any atom is 0.0568 e. The highest BCUT2D eigenvalue weighted by Crippen LogP contribution is 2.42. The first-order valence-electron chi connectivity index (χ1n) is 21.6. The van der Waals surface area contributed by atoms with Crippen molar-refractivity contribution < 1.29 is 0 Å². The van der Waals surface area contributed by atoms with Gasteiger partial charge in [0, 0.05) is 115 Å². The molecule has 0 bridgehead atoms. The first-order chi connectivity index (χ1) is 30.4. The van der Waals surface area contributed by atoms with Crippen LogP contribution in [0.3, 0.4) is 0 Å². The Morgan fingerprint density at radius 3 is 1.24 bits per heavy atom. The van der Waals surface area contributed by atoms with Gasteiger partial charge in [-0.25, -0.2) is 0 Å². The summed E-state index contributed by atoms with van der Waals surface area (Å²) in [4.78, 5) is 0. The molecule has 0 N–H and O–H groups in total. The summed E-state index contributed by atoms with van der Waals surface area (Å²) in [5, 5.41) is 20.5. The van der Waals surface area contributed by atoms with E-state index in [0.29, 0.717) is 0 Å². The van der Waals surface area contributed by atoms with Gasteiger partial charge in [-0.15, -0.1) is 0 Å². The Hall–Kier alpha value is -7.82. The van der Waals surface area contributed by atoms with Crippen LogP contribution in [0.1, 0.15) is 11.1 Å². The Kier molecular flexibility index (Phi) is 6.53. The van der Waals surface area contributed by atoms with Gasteiger partial charge < -0.3 is 18.3 Å². The van der Waals surface area contributed by atoms with E-state index >= 15 is 0 Å². The van der Waals surface area contributed by atoms with E-state index in [4.69, 9.17) is 0 Å². The number of benzene rings is 10. The second-order valence-corrected chi connectivity index (χ2v) is 17.7. The van der Waals surface area contributed by atoms with Crippen molar-refractivity contribution in [3.05, 3.63) is 169 Å². The van der Waals surface area contributed by atoms with Crippen molar-refractivity contribution in [1.29, 1.82) is 0 Å². The number of aromatic nitrogens is 4. The first-order valence-corrected chi connectivity index (χ1v) is 21.6. The molecular weight excluding hydrogens is 753 g/mol. The molecule has 14 rings (SSSR count). The average molecular weight is 793 g/mol. The predicted molar refractivity (Wildman–Crippen MR) is 268 cm³/mol. The number of hydrogen-bond donors (Lipinski definition) is 0. The van der Waals surface area contributed by atoms with Gasteiger partial charge in [-0.1, -0.05) is 109 Å². The molecule has 4 aromatic heterocycles. The third-order valence-corrected chi connectivity index (χ3v) is 14.5. The molecule has 0 aliphatic heterocycles. The minimum Gasteiger partial charge on any atom is -0.344 e. The van der Waals surface area contributed by atoms with Gasteiger partial charge in [0.1, 0.15) is 0 Å². The minimum atomic E-state index is 1.19. The zero-order valence-corrected chi connectivity index (χ0v) is 35.0. The van der Waals surface area contributed by atoms with E-state index in [1.54, 1.807) is 0 Å². The van der Waals surface area contributed by atoms with Crippen LogP contribution in [-0.4, -0.2) is 18.3 Å². The molecule has 14 aromatic rings. The average Bonchev–Trinajstić information content (AvgIpc) is 3.95. The van der Waals surface area contributed by atoms with Crippen LogP contribution in [0.25, 0.3) is 142 Å². The lowest BCUT2D eigenvalue weighted by Crippen LogP contribution is -1.89. The van der Waals surface area contributed by atoms with Crippen LogP contribution in [0.4, 0.5) is 0 Å². The van der Waals surface area contributed by atoms with Crippen molar-refractivity contribution in [2.45, 2.75) is 0 Å². The number of aryl methyl sites for hydroxylation is 4. The van der Waals surface area contributed by atoms with E-state index < -0.39 is 0 Å². The molecule has 4 heteroatoms.